The number of nitrogens with zero attached hydrogens (tertiary/aromatic N) is 2. The van der Waals surface area contributed by atoms with Crippen LogP contribution in [0.3, 0.4) is 0 Å². The first-order chi connectivity index (χ1) is 18.7. The van der Waals surface area contributed by atoms with Crippen molar-refractivity contribution in [3.63, 3.8) is 0 Å². The number of allylic oxidation sites excluding steroid dienone is 1. The van der Waals surface area contributed by atoms with Crippen LogP contribution in [0.15, 0.2) is 57.8 Å². The third-order valence-corrected chi connectivity index (χ3v) is 8.84. The standard InChI is InChI=1S/C26H36N2O9S2/c1-27(17-25(34-3)35-4)26(30)23-15-20(19-9-14-38-18-19)16-24(37-23)36-13-11-28(10-12-29)39(31,32)22-7-5-21(33-2)6-8-22/h5-9,14-15,18,20,24-25,29H,10-13,16-17H2,1-4H3. The van der Waals surface area contributed by atoms with Gasteiger partial charge in [-0.3, -0.25) is 4.79 Å². The molecule has 1 aliphatic rings. The van der Waals surface area contributed by atoms with Crippen LogP contribution in [0, 0.1) is 0 Å². The van der Waals surface area contributed by atoms with Gasteiger partial charge in [0.15, 0.2) is 12.0 Å². The molecule has 1 amide bonds. The second kappa shape index (κ2) is 14.7. The van der Waals surface area contributed by atoms with Crippen molar-refractivity contribution in [3.8, 4) is 5.75 Å². The minimum atomic E-state index is -3.89. The summed E-state index contributed by atoms with van der Waals surface area (Å²) < 4.78 is 54.9. The number of ether oxygens (including phenoxy) is 5. The second-order valence-electron chi connectivity index (χ2n) is 8.74. The van der Waals surface area contributed by atoms with Gasteiger partial charge in [-0.15, -0.1) is 0 Å². The molecule has 216 valence electrons. The molecule has 3 rings (SSSR count). The van der Waals surface area contributed by atoms with Crippen LogP contribution in [0.4, 0.5) is 0 Å². The summed E-state index contributed by atoms with van der Waals surface area (Å²) in [6.07, 6.45) is 0.851. The summed E-state index contributed by atoms with van der Waals surface area (Å²) in [7, 11) is 2.22. The highest BCUT2D eigenvalue weighted by Gasteiger charge is 2.32. The molecule has 0 saturated heterocycles. The number of amides is 1. The molecule has 0 bridgehead atoms. The lowest BCUT2D eigenvalue weighted by atomic mass is 9.95. The van der Waals surface area contributed by atoms with Crippen LogP contribution in [-0.4, -0.2) is 102 Å². The van der Waals surface area contributed by atoms with E-state index in [0.29, 0.717) is 12.2 Å². The molecule has 1 N–H and O–H groups in total. The van der Waals surface area contributed by atoms with E-state index < -0.39 is 22.6 Å². The Morgan fingerprint density at radius 2 is 1.87 bits per heavy atom. The summed E-state index contributed by atoms with van der Waals surface area (Å²) >= 11 is 1.55. The number of aliphatic hydroxyl groups excluding tert-OH is 1. The van der Waals surface area contributed by atoms with E-state index in [4.69, 9.17) is 23.7 Å². The highest BCUT2D eigenvalue weighted by atomic mass is 32.2. The number of hydrogen-bond acceptors (Lipinski definition) is 10. The van der Waals surface area contributed by atoms with Crippen molar-refractivity contribution in [2.24, 2.45) is 0 Å². The van der Waals surface area contributed by atoms with Crippen molar-refractivity contribution in [3.05, 3.63) is 58.5 Å². The van der Waals surface area contributed by atoms with E-state index in [9.17, 15) is 18.3 Å². The second-order valence-corrected chi connectivity index (χ2v) is 11.5. The van der Waals surface area contributed by atoms with Gasteiger partial charge in [-0.1, -0.05) is 0 Å². The van der Waals surface area contributed by atoms with E-state index in [1.165, 1.54) is 38.4 Å². The first kappa shape index (κ1) is 31.0. The third-order valence-electron chi connectivity index (χ3n) is 6.23. The molecule has 13 heteroatoms. The van der Waals surface area contributed by atoms with Gasteiger partial charge in [-0.2, -0.15) is 15.6 Å². The van der Waals surface area contributed by atoms with E-state index in [2.05, 4.69) is 0 Å². The Hall–Kier alpha value is -2.52. The van der Waals surface area contributed by atoms with Gasteiger partial charge in [-0.25, -0.2) is 8.42 Å². The van der Waals surface area contributed by atoms with Crippen molar-refractivity contribution >= 4 is 27.3 Å². The van der Waals surface area contributed by atoms with Crippen molar-refractivity contribution in [1.82, 2.24) is 9.21 Å². The van der Waals surface area contributed by atoms with Crippen LogP contribution in [0.25, 0.3) is 0 Å². The van der Waals surface area contributed by atoms with Crippen molar-refractivity contribution in [1.29, 1.82) is 0 Å². The Morgan fingerprint density at radius 3 is 2.46 bits per heavy atom. The van der Waals surface area contributed by atoms with Crippen LogP contribution in [0.5, 0.6) is 5.75 Å². The molecule has 0 spiro atoms. The minimum absolute atomic E-state index is 0.0108. The van der Waals surface area contributed by atoms with E-state index in [-0.39, 0.29) is 55.3 Å². The van der Waals surface area contributed by atoms with Crippen molar-refractivity contribution in [2.45, 2.75) is 29.8 Å². The van der Waals surface area contributed by atoms with Gasteiger partial charge in [0.25, 0.3) is 5.91 Å². The Labute approximate surface area is 233 Å². The van der Waals surface area contributed by atoms with Crippen LogP contribution < -0.4 is 4.74 Å². The first-order valence-corrected chi connectivity index (χ1v) is 14.7. The molecular weight excluding hydrogens is 548 g/mol. The molecule has 2 atom stereocenters. The lowest BCUT2D eigenvalue weighted by Crippen LogP contribution is -2.40. The molecule has 1 aromatic carbocycles. The van der Waals surface area contributed by atoms with Gasteiger partial charge >= 0.3 is 0 Å². The normalized spacial score (nSPS) is 17.7. The molecule has 39 heavy (non-hydrogen) atoms. The van der Waals surface area contributed by atoms with Crippen LogP contribution >= 0.6 is 11.3 Å². The zero-order valence-corrected chi connectivity index (χ0v) is 24.2. The number of thiophene rings is 1. The lowest BCUT2D eigenvalue weighted by Gasteiger charge is -2.31. The zero-order valence-electron chi connectivity index (χ0n) is 22.5. The fourth-order valence-electron chi connectivity index (χ4n) is 4.02. The Bertz CT molecular complexity index is 1170. The summed E-state index contributed by atoms with van der Waals surface area (Å²) in [5.41, 5.74) is 1.03. The molecule has 1 aromatic heterocycles. The van der Waals surface area contributed by atoms with Crippen LogP contribution in [0.1, 0.15) is 17.9 Å². The van der Waals surface area contributed by atoms with Gasteiger partial charge in [0.05, 0.1) is 31.8 Å². The minimum Gasteiger partial charge on any atom is -0.497 e. The van der Waals surface area contributed by atoms with Crippen molar-refractivity contribution in [2.75, 3.05) is 61.2 Å². The number of hydrogen-bond donors (Lipinski definition) is 1. The number of rotatable bonds is 15. The largest absolute Gasteiger partial charge is 0.497 e. The Morgan fingerprint density at radius 1 is 1.15 bits per heavy atom. The molecule has 0 radical (unpaired) electrons. The maximum Gasteiger partial charge on any atom is 0.288 e. The van der Waals surface area contributed by atoms with Crippen molar-refractivity contribution < 1.29 is 42.0 Å². The Balaban J connectivity index is 1.70. The number of aliphatic hydroxyl groups is 1. The summed E-state index contributed by atoms with van der Waals surface area (Å²) in [6, 6.07) is 8.00. The molecule has 2 aromatic rings. The monoisotopic (exact) mass is 584 g/mol. The molecule has 2 heterocycles. The van der Waals surface area contributed by atoms with E-state index in [1.807, 2.05) is 16.8 Å². The third kappa shape index (κ3) is 8.24. The summed E-state index contributed by atoms with van der Waals surface area (Å²) in [4.78, 5) is 14.7. The molecule has 2 unspecified atom stereocenters. The van der Waals surface area contributed by atoms with Gasteiger partial charge < -0.3 is 33.7 Å². The van der Waals surface area contributed by atoms with Gasteiger partial charge in [0.1, 0.15) is 5.75 Å². The van der Waals surface area contributed by atoms with E-state index >= 15 is 0 Å². The maximum atomic E-state index is 13.2. The lowest BCUT2D eigenvalue weighted by molar-refractivity contribution is -0.158. The number of methoxy groups -OCH3 is 3. The van der Waals surface area contributed by atoms with E-state index in [1.54, 1.807) is 36.6 Å². The van der Waals surface area contributed by atoms with Crippen LogP contribution in [-0.2, 0) is 33.8 Å². The fraction of sp³-hybridized carbons (Fsp3) is 0.500. The average Bonchev–Trinajstić information content (AvgIpc) is 3.50. The summed E-state index contributed by atoms with van der Waals surface area (Å²) in [6.45, 7) is -0.291. The molecule has 0 saturated carbocycles. The molecule has 0 fully saturated rings. The van der Waals surface area contributed by atoms with Crippen LogP contribution in [0.2, 0.25) is 0 Å². The Kier molecular flexibility index (Phi) is 11.7. The molecular formula is C26H36N2O9S2. The SMILES string of the molecule is COc1ccc(S(=O)(=O)N(CCO)CCOC2CC(c3ccsc3)C=C(C(=O)N(C)CC(OC)OC)O2)cc1. The highest BCUT2D eigenvalue weighted by Crippen LogP contribution is 2.33. The van der Waals surface area contributed by atoms with E-state index in [0.717, 1.165) is 9.87 Å². The quantitative estimate of drug-likeness (QED) is 0.314. The zero-order chi connectivity index (χ0) is 28.4. The first-order valence-electron chi connectivity index (χ1n) is 12.3. The number of carbonyl (C=O) groups excluding carboxylic acids is 1. The number of sulfonamides is 1. The van der Waals surface area contributed by atoms with Gasteiger partial charge in [-0.05, 0) is 52.7 Å². The maximum absolute atomic E-state index is 13.2. The van der Waals surface area contributed by atoms with Gasteiger partial charge in [0, 0.05) is 46.7 Å². The molecule has 11 nitrogen and oxygen atoms in total. The predicted octanol–water partition coefficient (Wildman–Crippen LogP) is 2.25. The topological polar surface area (TPSA) is 124 Å². The van der Waals surface area contributed by atoms with Gasteiger partial charge in [0.2, 0.25) is 16.3 Å². The smallest absolute Gasteiger partial charge is 0.288 e. The molecule has 0 aliphatic carbocycles. The molecule has 1 aliphatic heterocycles. The highest BCUT2D eigenvalue weighted by molar-refractivity contribution is 7.89. The average molecular weight is 585 g/mol. The predicted molar refractivity (Wildman–Crippen MR) is 145 cm³/mol. The fourth-order valence-corrected chi connectivity index (χ4v) is 6.16. The summed E-state index contributed by atoms with van der Waals surface area (Å²) in [5, 5.41) is 13.5. The number of benzene rings is 1. The number of carbonyl (C=O) groups is 1. The number of likely N-dealkylation sites (N-methyl/N-ethyl adjacent to an activating group) is 1. The summed E-state index contributed by atoms with van der Waals surface area (Å²) in [5.74, 6) is 0.185.